The Balaban J connectivity index is 1.92. The second-order valence-electron chi connectivity index (χ2n) is 7.67. The number of anilines is 1. The van der Waals surface area contributed by atoms with Crippen molar-refractivity contribution in [1.82, 2.24) is 10.2 Å². The highest BCUT2D eigenvalue weighted by atomic mass is 79.9. The molecule has 0 bridgehead atoms. The summed E-state index contributed by atoms with van der Waals surface area (Å²) in [7, 11) is 0. The summed E-state index contributed by atoms with van der Waals surface area (Å²) in [6, 6.07) is 4.44. The molecule has 3 heterocycles. The molecule has 0 aromatic heterocycles. The van der Waals surface area contributed by atoms with E-state index in [-0.39, 0.29) is 23.8 Å². The first-order valence-electron chi connectivity index (χ1n) is 9.18. The van der Waals surface area contributed by atoms with Gasteiger partial charge in [-0.25, -0.2) is 0 Å². The average molecular weight is 436 g/mol. The van der Waals surface area contributed by atoms with Gasteiger partial charge in [0.1, 0.15) is 5.54 Å². The molecule has 144 valence electrons. The second kappa shape index (κ2) is 6.12. The Labute approximate surface area is 165 Å². The van der Waals surface area contributed by atoms with Gasteiger partial charge in [0, 0.05) is 27.8 Å². The molecule has 3 aliphatic heterocycles. The molecule has 4 rings (SSSR count). The number of rotatable bonds is 3. The molecule has 0 aliphatic carbocycles. The van der Waals surface area contributed by atoms with Gasteiger partial charge in [-0.15, -0.1) is 0 Å². The molecule has 8 heteroatoms. The van der Waals surface area contributed by atoms with Gasteiger partial charge in [0.2, 0.25) is 17.7 Å². The molecule has 1 aromatic carbocycles. The largest absolute Gasteiger partial charge is 0.392 e. The molecule has 0 radical (unpaired) electrons. The molecule has 2 saturated heterocycles. The van der Waals surface area contributed by atoms with Crippen molar-refractivity contribution >= 4 is 39.3 Å². The van der Waals surface area contributed by atoms with E-state index in [1.165, 1.54) is 4.90 Å². The zero-order valence-electron chi connectivity index (χ0n) is 15.3. The van der Waals surface area contributed by atoms with Crippen LogP contribution in [-0.2, 0) is 19.9 Å². The van der Waals surface area contributed by atoms with Crippen LogP contribution in [0.3, 0.4) is 0 Å². The third-order valence-electron chi connectivity index (χ3n) is 6.20. The van der Waals surface area contributed by atoms with Gasteiger partial charge in [0.05, 0.1) is 17.9 Å². The summed E-state index contributed by atoms with van der Waals surface area (Å²) in [6.45, 7) is 5.31. The van der Waals surface area contributed by atoms with Crippen molar-refractivity contribution < 1.29 is 19.5 Å². The molecule has 0 saturated carbocycles. The molecule has 1 spiro atoms. The van der Waals surface area contributed by atoms with E-state index in [9.17, 15) is 19.5 Å². The van der Waals surface area contributed by atoms with E-state index in [0.29, 0.717) is 17.7 Å². The molecule has 1 aromatic rings. The Morgan fingerprint density at radius 2 is 1.96 bits per heavy atom. The topological polar surface area (TPSA) is 98.7 Å². The van der Waals surface area contributed by atoms with Crippen LogP contribution in [-0.4, -0.2) is 45.9 Å². The molecule has 2 fully saturated rings. The number of nitrogens with one attached hydrogen (secondary N) is 2. The minimum atomic E-state index is -1.36. The summed E-state index contributed by atoms with van der Waals surface area (Å²) in [5.41, 5.74) is -0.115. The van der Waals surface area contributed by atoms with E-state index < -0.39 is 29.5 Å². The van der Waals surface area contributed by atoms with Crippen LogP contribution in [0.15, 0.2) is 22.7 Å². The number of amides is 3. The van der Waals surface area contributed by atoms with E-state index in [4.69, 9.17) is 0 Å². The maximum atomic E-state index is 13.4. The Kier molecular flexibility index (Phi) is 4.21. The minimum absolute atomic E-state index is 0.256. The van der Waals surface area contributed by atoms with Crippen LogP contribution >= 0.6 is 15.9 Å². The van der Waals surface area contributed by atoms with Crippen molar-refractivity contribution in [2.75, 3.05) is 5.32 Å². The lowest BCUT2D eigenvalue weighted by Gasteiger charge is -2.31. The van der Waals surface area contributed by atoms with Crippen molar-refractivity contribution in [3.63, 3.8) is 0 Å². The lowest BCUT2D eigenvalue weighted by atomic mass is 9.76. The number of hydrogen-bond donors (Lipinski definition) is 3. The summed E-state index contributed by atoms with van der Waals surface area (Å²) in [5.74, 6) is -2.68. The van der Waals surface area contributed by atoms with Crippen LogP contribution in [0.1, 0.15) is 32.8 Å². The van der Waals surface area contributed by atoms with Crippen LogP contribution in [0.25, 0.3) is 0 Å². The number of nitrogens with zero attached hydrogens (tertiary/aromatic N) is 1. The number of fused-ring (bicyclic) bond motifs is 4. The van der Waals surface area contributed by atoms with E-state index in [0.717, 1.165) is 4.47 Å². The number of carbonyl (C=O) groups excluding carboxylic acids is 3. The molecule has 7 nitrogen and oxygen atoms in total. The SMILES string of the molecule is CC[C@@H](C)N1C(=O)[C@@H]2[C@@H]([C@H](C)O)N[C@@]3(C(=O)Nc4ccc(Br)cc43)[C@@H]2C1=O. The number of halogens is 1. The summed E-state index contributed by atoms with van der Waals surface area (Å²) in [5, 5.41) is 16.4. The number of carbonyl (C=O) groups is 3. The van der Waals surface area contributed by atoms with Crippen molar-refractivity contribution in [2.45, 2.75) is 50.9 Å². The maximum absolute atomic E-state index is 13.4. The van der Waals surface area contributed by atoms with Gasteiger partial charge < -0.3 is 10.4 Å². The normalized spacial score (nSPS) is 34.0. The van der Waals surface area contributed by atoms with Crippen molar-refractivity contribution in [3.8, 4) is 0 Å². The Morgan fingerprint density at radius 3 is 2.59 bits per heavy atom. The third kappa shape index (κ3) is 2.30. The molecule has 3 amide bonds. The zero-order chi connectivity index (χ0) is 19.7. The van der Waals surface area contributed by atoms with E-state index in [2.05, 4.69) is 26.6 Å². The number of aliphatic hydroxyl groups excluding tert-OH is 1. The Morgan fingerprint density at radius 1 is 1.26 bits per heavy atom. The van der Waals surface area contributed by atoms with Gasteiger partial charge >= 0.3 is 0 Å². The van der Waals surface area contributed by atoms with Gasteiger partial charge in [-0.3, -0.25) is 24.6 Å². The molecular weight excluding hydrogens is 414 g/mol. The van der Waals surface area contributed by atoms with Crippen molar-refractivity contribution in [3.05, 3.63) is 28.2 Å². The van der Waals surface area contributed by atoms with E-state index >= 15 is 0 Å². The fourth-order valence-corrected chi connectivity index (χ4v) is 5.12. The van der Waals surface area contributed by atoms with Crippen LogP contribution < -0.4 is 10.6 Å². The standard InChI is InChI=1S/C19H22BrN3O4/c1-4-8(2)23-16(25)13-14(17(23)26)19(22-15(13)9(3)24)11-7-10(20)5-6-12(11)21-18(19)27/h5-9,13-15,22,24H,4H2,1-3H3,(H,21,27)/t8-,9+,13+,14+,15-,19-/m1/s1. The zero-order valence-corrected chi connectivity index (χ0v) is 16.9. The Bertz CT molecular complexity index is 857. The average Bonchev–Trinajstić information content (AvgIpc) is 3.20. The maximum Gasteiger partial charge on any atom is 0.250 e. The lowest BCUT2D eigenvalue weighted by Crippen LogP contribution is -2.55. The van der Waals surface area contributed by atoms with Crippen molar-refractivity contribution in [2.24, 2.45) is 11.8 Å². The van der Waals surface area contributed by atoms with Crippen LogP contribution in [0.4, 0.5) is 5.69 Å². The van der Waals surface area contributed by atoms with Gasteiger partial charge in [-0.1, -0.05) is 22.9 Å². The van der Waals surface area contributed by atoms with Gasteiger partial charge in [-0.05, 0) is 38.5 Å². The monoisotopic (exact) mass is 435 g/mol. The first kappa shape index (κ1) is 18.6. The highest BCUT2D eigenvalue weighted by Crippen LogP contribution is 2.54. The number of aliphatic hydroxyl groups is 1. The number of likely N-dealkylation sites (tertiary alicyclic amines) is 1. The van der Waals surface area contributed by atoms with Crippen LogP contribution in [0.2, 0.25) is 0 Å². The van der Waals surface area contributed by atoms with Crippen LogP contribution in [0.5, 0.6) is 0 Å². The first-order chi connectivity index (χ1) is 12.7. The predicted octanol–water partition coefficient (Wildman–Crippen LogP) is 1.35. The van der Waals surface area contributed by atoms with Gasteiger partial charge in [0.15, 0.2) is 0 Å². The summed E-state index contributed by atoms with van der Waals surface area (Å²) >= 11 is 3.43. The Hall–Kier alpha value is -1.77. The summed E-state index contributed by atoms with van der Waals surface area (Å²) in [6.07, 6.45) is -0.264. The molecular formula is C19H22BrN3O4. The van der Waals surface area contributed by atoms with E-state index in [1.54, 1.807) is 19.1 Å². The molecule has 6 atom stereocenters. The molecule has 27 heavy (non-hydrogen) atoms. The smallest absolute Gasteiger partial charge is 0.250 e. The highest BCUT2D eigenvalue weighted by molar-refractivity contribution is 9.10. The van der Waals surface area contributed by atoms with E-state index in [1.807, 2.05) is 19.9 Å². The molecule has 3 N–H and O–H groups in total. The van der Waals surface area contributed by atoms with Crippen LogP contribution in [0, 0.1) is 11.8 Å². The number of imide groups is 1. The molecule has 0 unspecified atom stereocenters. The first-order valence-corrected chi connectivity index (χ1v) is 9.97. The van der Waals surface area contributed by atoms with Gasteiger partial charge in [-0.2, -0.15) is 0 Å². The summed E-state index contributed by atoms with van der Waals surface area (Å²) in [4.78, 5) is 40.9. The quantitative estimate of drug-likeness (QED) is 0.622. The third-order valence-corrected chi connectivity index (χ3v) is 6.69. The second-order valence-corrected chi connectivity index (χ2v) is 8.59. The summed E-state index contributed by atoms with van der Waals surface area (Å²) < 4.78 is 0.770. The predicted molar refractivity (Wildman–Crippen MR) is 102 cm³/mol. The number of benzene rings is 1. The molecule has 3 aliphatic rings. The van der Waals surface area contributed by atoms with Gasteiger partial charge in [0.25, 0.3) is 0 Å². The highest BCUT2D eigenvalue weighted by Gasteiger charge is 2.71. The van der Waals surface area contributed by atoms with Crippen molar-refractivity contribution in [1.29, 1.82) is 0 Å². The fraction of sp³-hybridized carbons (Fsp3) is 0.526. The fourth-order valence-electron chi connectivity index (χ4n) is 4.76. The lowest BCUT2D eigenvalue weighted by molar-refractivity contribution is -0.145. The minimum Gasteiger partial charge on any atom is -0.392 e. The number of hydrogen-bond acceptors (Lipinski definition) is 5.